The molecule has 0 atom stereocenters. The summed E-state index contributed by atoms with van der Waals surface area (Å²) in [5.41, 5.74) is -0.730. The van der Waals surface area contributed by atoms with Gasteiger partial charge in [-0.15, -0.1) is 0 Å². The second-order valence-electron chi connectivity index (χ2n) is 5.54. The van der Waals surface area contributed by atoms with E-state index in [1.807, 2.05) is 0 Å². The lowest BCUT2D eigenvalue weighted by Gasteiger charge is -2.19. The number of hydrogen-bond acceptors (Lipinski definition) is 2. The topological polar surface area (TPSA) is 29.1 Å². The Kier molecular flexibility index (Phi) is 4.89. The average molecular weight is 361 g/mol. The van der Waals surface area contributed by atoms with Crippen LogP contribution in [0.25, 0.3) is 0 Å². The van der Waals surface area contributed by atoms with Gasteiger partial charge in [-0.2, -0.15) is 12.6 Å². The summed E-state index contributed by atoms with van der Waals surface area (Å²) in [5.74, 6) is -12.5. The van der Waals surface area contributed by atoms with Crippen molar-refractivity contribution in [3.63, 3.8) is 0 Å². The monoisotopic (exact) mass is 361 g/mol. The molecule has 0 unspecified atom stereocenters. The number of benzene rings is 2. The number of amides is 1. The predicted molar refractivity (Wildman–Crippen MR) is 82.6 cm³/mol. The van der Waals surface area contributed by atoms with Crippen molar-refractivity contribution in [1.29, 1.82) is 0 Å². The molecule has 0 heterocycles. The maximum Gasteiger partial charge on any atom is 0.261 e. The number of halogens is 5. The fourth-order valence-corrected chi connectivity index (χ4v) is 2.11. The van der Waals surface area contributed by atoms with Crippen LogP contribution in [0.1, 0.15) is 29.8 Å². The maximum atomic E-state index is 13.6. The van der Waals surface area contributed by atoms with Gasteiger partial charge in [0.1, 0.15) is 5.56 Å². The second kappa shape index (κ2) is 6.43. The molecule has 24 heavy (non-hydrogen) atoms. The molecule has 1 amide bonds. The van der Waals surface area contributed by atoms with E-state index in [0.717, 1.165) is 0 Å². The van der Waals surface area contributed by atoms with Crippen LogP contribution < -0.4 is 5.32 Å². The van der Waals surface area contributed by atoms with Crippen LogP contribution in [-0.2, 0) is 4.75 Å². The second-order valence-corrected chi connectivity index (χ2v) is 6.66. The lowest BCUT2D eigenvalue weighted by molar-refractivity contribution is 0.101. The Balaban J connectivity index is 2.42. The Morgan fingerprint density at radius 3 is 1.96 bits per heavy atom. The van der Waals surface area contributed by atoms with Crippen molar-refractivity contribution in [2.24, 2.45) is 0 Å². The fraction of sp³-hybridized carbons (Fsp3) is 0.188. The molecule has 2 rings (SSSR count). The highest BCUT2D eigenvalue weighted by Gasteiger charge is 2.29. The summed E-state index contributed by atoms with van der Waals surface area (Å²) in [6.07, 6.45) is 0. The van der Waals surface area contributed by atoms with Gasteiger partial charge >= 0.3 is 0 Å². The van der Waals surface area contributed by atoms with Gasteiger partial charge in [0.15, 0.2) is 23.3 Å². The summed E-state index contributed by atoms with van der Waals surface area (Å²) >= 11 is 4.35. The quantitative estimate of drug-likeness (QED) is 0.350. The zero-order valence-electron chi connectivity index (χ0n) is 12.6. The first-order chi connectivity index (χ1) is 11.0. The largest absolute Gasteiger partial charge is 0.322 e. The van der Waals surface area contributed by atoms with E-state index in [9.17, 15) is 26.7 Å². The first kappa shape index (κ1) is 18.3. The van der Waals surface area contributed by atoms with Gasteiger partial charge in [-0.1, -0.05) is 12.1 Å². The molecule has 128 valence electrons. The zero-order valence-corrected chi connectivity index (χ0v) is 13.4. The third-order valence-electron chi connectivity index (χ3n) is 3.26. The normalized spacial score (nSPS) is 11.5. The van der Waals surface area contributed by atoms with E-state index in [1.165, 1.54) is 12.1 Å². The van der Waals surface area contributed by atoms with E-state index in [4.69, 9.17) is 0 Å². The summed E-state index contributed by atoms with van der Waals surface area (Å²) in [5, 5.41) is 2.12. The van der Waals surface area contributed by atoms with Gasteiger partial charge in [-0.3, -0.25) is 4.79 Å². The minimum atomic E-state index is -2.32. The molecule has 0 aliphatic heterocycles. The van der Waals surface area contributed by atoms with Crippen molar-refractivity contribution in [2.45, 2.75) is 18.6 Å². The molecular weight excluding hydrogens is 349 g/mol. The van der Waals surface area contributed by atoms with Crippen LogP contribution in [0, 0.1) is 29.1 Å². The number of carbonyl (C=O) groups is 1. The number of carbonyl (C=O) groups excluding carboxylic acids is 1. The van der Waals surface area contributed by atoms with E-state index < -0.39 is 45.3 Å². The molecule has 0 aromatic heterocycles. The Morgan fingerprint density at radius 2 is 1.46 bits per heavy atom. The summed E-state index contributed by atoms with van der Waals surface area (Å²) in [6.45, 7) is 3.56. The summed E-state index contributed by atoms with van der Waals surface area (Å²) in [7, 11) is 0. The Morgan fingerprint density at radius 1 is 0.958 bits per heavy atom. The Bertz CT molecular complexity index is 788. The molecule has 2 aromatic rings. The van der Waals surface area contributed by atoms with Crippen LogP contribution in [-0.4, -0.2) is 5.91 Å². The highest BCUT2D eigenvalue weighted by Crippen LogP contribution is 2.29. The number of hydrogen-bond donors (Lipinski definition) is 2. The van der Waals surface area contributed by atoms with Gasteiger partial charge in [0.05, 0.1) is 0 Å². The molecule has 8 heteroatoms. The number of nitrogens with one attached hydrogen (secondary N) is 1. The van der Waals surface area contributed by atoms with Crippen LogP contribution in [0.3, 0.4) is 0 Å². The summed E-state index contributed by atoms with van der Waals surface area (Å²) in [4.78, 5) is 12.0. The zero-order chi connectivity index (χ0) is 18.2. The molecule has 0 saturated heterocycles. The SMILES string of the molecule is CC(C)(S)c1cccc(NC(=O)c2c(F)c(F)c(F)c(F)c2F)c1. The Hall–Kier alpha value is -2.09. The standard InChI is InChI=1S/C16H12F5NOS/c1-16(2,24)7-4-3-5-8(6-7)22-15(23)9-10(17)12(19)14(21)13(20)11(9)18/h3-6,24H,1-2H3,(H,22,23). The van der Waals surface area contributed by atoms with Gasteiger partial charge in [0, 0.05) is 10.4 Å². The number of thiol groups is 1. The van der Waals surface area contributed by atoms with Gasteiger partial charge in [0.2, 0.25) is 5.82 Å². The third-order valence-corrected chi connectivity index (χ3v) is 3.52. The van der Waals surface area contributed by atoms with Crippen LogP contribution in [0.15, 0.2) is 24.3 Å². The van der Waals surface area contributed by atoms with Crippen molar-refractivity contribution in [1.82, 2.24) is 0 Å². The number of anilines is 1. The van der Waals surface area contributed by atoms with Crippen molar-refractivity contribution in [3.8, 4) is 0 Å². The maximum absolute atomic E-state index is 13.6. The lowest BCUT2D eigenvalue weighted by atomic mass is 10.0. The molecule has 0 aliphatic carbocycles. The molecule has 0 saturated carbocycles. The first-order valence-electron chi connectivity index (χ1n) is 6.69. The van der Waals surface area contributed by atoms with Gasteiger partial charge in [-0.05, 0) is 31.5 Å². The lowest BCUT2D eigenvalue weighted by Crippen LogP contribution is -2.19. The van der Waals surface area contributed by atoms with E-state index >= 15 is 0 Å². The van der Waals surface area contributed by atoms with E-state index in [-0.39, 0.29) is 5.69 Å². The van der Waals surface area contributed by atoms with Crippen LogP contribution in [0.2, 0.25) is 0 Å². The average Bonchev–Trinajstić information content (AvgIpc) is 2.50. The molecule has 0 fully saturated rings. The van der Waals surface area contributed by atoms with Crippen molar-refractivity contribution >= 4 is 24.2 Å². The molecule has 1 N–H and O–H groups in total. The van der Waals surface area contributed by atoms with Crippen molar-refractivity contribution < 1.29 is 26.7 Å². The Labute approximate surface area is 140 Å². The molecule has 0 aliphatic rings. The minimum Gasteiger partial charge on any atom is -0.322 e. The third kappa shape index (κ3) is 3.38. The number of rotatable bonds is 3. The van der Waals surface area contributed by atoms with E-state index in [2.05, 4.69) is 17.9 Å². The van der Waals surface area contributed by atoms with Crippen molar-refractivity contribution in [3.05, 3.63) is 64.5 Å². The minimum absolute atomic E-state index is 0.128. The van der Waals surface area contributed by atoms with E-state index in [1.54, 1.807) is 26.0 Å². The first-order valence-corrected chi connectivity index (χ1v) is 7.14. The molecule has 0 bridgehead atoms. The smallest absolute Gasteiger partial charge is 0.261 e. The highest BCUT2D eigenvalue weighted by molar-refractivity contribution is 7.81. The summed E-state index contributed by atoms with van der Waals surface area (Å²) < 4.78 is 66.0. The van der Waals surface area contributed by atoms with Crippen LogP contribution >= 0.6 is 12.6 Å². The molecule has 0 radical (unpaired) electrons. The highest BCUT2D eigenvalue weighted by atomic mass is 32.1. The van der Waals surface area contributed by atoms with Crippen molar-refractivity contribution in [2.75, 3.05) is 5.32 Å². The van der Waals surface area contributed by atoms with Gasteiger partial charge in [0.25, 0.3) is 5.91 Å². The van der Waals surface area contributed by atoms with Gasteiger partial charge < -0.3 is 5.32 Å². The van der Waals surface area contributed by atoms with E-state index in [0.29, 0.717) is 5.56 Å². The summed E-state index contributed by atoms with van der Waals surface area (Å²) in [6, 6.07) is 6.16. The molecule has 2 nitrogen and oxygen atoms in total. The predicted octanol–water partition coefficient (Wildman–Crippen LogP) is 4.80. The van der Waals surface area contributed by atoms with Gasteiger partial charge in [-0.25, -0.2) is 22.0 Å². The van der Waals surface area contributed by atoms with Crippen LogP contribution in [0.4, 0.5) is 27.6 Å². The molecule has 2 aromatic carbocycles. The van der Waals surface area contributed by atoms with Crippen LogP contribution in [0.5, 0.6) is 0 Å². The molecule has 0 spiro atoms. The molecular formula is C16H12F5NOS. The fourth-order valence-electron chi connectivity index (χ4n) is 1.98.